The highest BCUT2D eigenvalue weighted by molar-refractivity contribution is 6.06. The molecule has 0 aromatic heterocycles. The minimum atomic E-state index is -1.48. The monoisotopic (exact) mass is 564 g/mol. The van der Waals surface area contributed by atoms with Gasteiger partial charge >= 0.3 is 0 Å². The second-order valence-corrected chi connectivity index (χ2v) is 10.9. The van der Waals surface area contributed by atoms with Gasteiger partial charge in [-0.2, -0.15) is 0 Å². The van der Waals surface area contributed by atoms with Crippen molar-refractivity contribution in [3.8, 4) is 28.7 Å². The average molecular weight is 565 g/mol. The van der Waals surface area contributed by atoms with Crippen LogP contribution in [0, 0.1) is 0 Å². The van der Waals surface area contributed by atoms with Crippen molar-refractivity contribution in [1.29, 1.82) is 0 Å². The third-order valence-electron chi connectivity index (χ3n) is 7.14. The van der Waals surface area contributed by atoms with E-state index in [0.717, 1.165) is 27.8 Å². The number of ketones is 1. The lowest BCUT2D eigenvalue weighted by Crippen LogP contribution is -2.38. The summed E-state index contributed by atoms with van der Waals surface area (Å²) < 4.78 is 29.6. The van der Waals surface area contributed by atoms with Gasteiger partial charge in [0.1, 0.15) is 22.8 Å². The highest BCUT2D eigenvalue weighted by Gasteiger charge is 2.43. The zero-order chi connectivity index (χ0) is 30.4. The number of methoxy groups -OCH3 is 4. The Kier molecular flexibility index (Phi) is 10.7. The maximum atomic E-state index is 14.0. The van der Waals surface area contributed by atoms with Crippen molar-refractivity contribution in [2.75, 3.05) is 28.4 Å². The Morgan fingerprint density at radius 3 is 1.80 bits per heavy atom. The fourth-order valence-corrected chi connectivity index (χ4v) is 5.04. The zero-order valence-corrected chi connectivity index (χ0v) is 26.1. The van der Waals surface area contributed by atoms with Crippen LogP contribution in [0.2, 0.25) is 0 Å². The van der Waals surface area contributed by atoms with Crippen molar-refractivity contribution >= 4 is 5.78 Å². The Labute approximate surface area is 244 Å². The average Bonchev–Trinajstić information content (AvgIpc) is 2.94. The van der Waals surface area contributed by atoms with Gasteiger partial charge in [-0.15, -0.1) is 0 Å². The number of aliphatic hydroxyl groups is 1. The molecule has 1 aliphatic heterocycles. The summed E-state index contributed by atoms with van der Waals surface area (Å²) in [5.41, 5.74) is 6.69. The first kappa shape index (κ1) is 31.8. The van der Waals surface area contributed by atoms with Gasteiger partial charge in [0.05, 0.1) is 28.4 Å². The molecular formula is C34H44O7. The van der Waals surface area contributed by atoms with Crippen molar-refractivity contribution in [3.63, 3.8) is 0 Å². The van der Waals surface area contributed by atoms with E-state index in [0.29, 0.717) is 59.1 Å². The van der Waals surface area contributed by atoms with Gasteiger partial charge in [0, 0.05) is 22.8 Å². The molecule has 0 saturated carbocycles. The molecule has 1 aliphatic rings. The Morgan fingerprint density at radius 1 is 0.756 bits per heavy atom. The topological polar surface area (TPSA) is 83.5 Å². The van der Waals surface area contributed by atoms with E-state index in [-0.39, 0.29) is 5.56 Å². The number of carbonyl (C=O) groups excluding carboxylic acids is 1. The van der Waals surface area contributed by atoms with Crippen molar-refractivity contribution in [2.45, 2.75) is 73.0 Å². The summed E-state index contributed by atoms with van der Waals surface area (Å²) >= 11 is 0. The number of allylic oxidation sites excluding steroid dienone is 6. The molecule has 0 spiro atoms. The van der Waals surface area contributed by atoms with Crippen molar-refractivity contribution < 1.29 is 33.6 Å². The number of benzene rings is 2. The van der Waals surface area contributed by atoms with Crippen molar-refractivity contribution in [1.82, 2.24) is 0 Å². The van der Waals surface area contributed by atoms with Gasteiger partial charge in [0.2, 0.25) is 5.78 Å². The summed E-state index contributed by atoms with van der Waals surface area (Å²) in [4.78, 5) is 14.0. The van der Waals surface area contributed by atoms with Crippen molar-refractivity contribution in [2.24, 2.45) is 0 Å². The van der Waals surface area contributed by atoms with Gasteiger partial charge in [0.25, 0.3) is 0 Å². The first-order chi connectivity index (χ1) is 19.5. The predicted octanol–water partition coefficient (Wildman–Crippen LogP) is 6.92. The fraction of sp³-hybridized carbons (Fsp3) is 0.441. The molecule has 2 aromatic carbocycles. The van der Waals surface area contributed by atoms with Gasteiger partial charge < -0.3 is 28.8 Å². The molecule has 1 heterocycles. The lowest BCUT2D eigenvalue weighted by molar-refractivity contribution is 0.0200. The molecule has 0 saturated heterocycles. The molecule has 41 heavy (non-hydrogen) atoms. The summed E-state index contributed by atoms with van der Waals surface area (Å²) in [6.07, 6.45) is 5.30. The minimum Gasteiger partial charge on any atom is -0.496 e. The first-order valence-corrected chi connectivity index (χ1v) is 13.8. The third kappa shape index (κ3) is 6.79. The van der Waals surface area contributed by atoms with E-state index in [2.05, 4.69) is 18.2 Å². The van der Waals surface area contributed by atoms with E-state index >= 15 is 0 Å². The first-order valence-electron chi connectivity index (χ1n) is 13.8. The summed E-state index contributed by atoms with van der Waals surface area (Å²) in [6, 6.07) is 3.59. The number of ether oxygens (including phenoxy) is 5. The maximum Gasteiger partial charge on any atom is 0.202 e. The van der Waals surface area contributed by atoms with E-state index in [1.54, 1.807) is 27.4 Å². The molecule has 222 valence electrons. The standard InChI is InChI=1S/C34H44O7/c1-19(2)11-14-22-17-27(39-9)32(40-10)24(16-13-21(5)6)28(22)34-31(36)30(35)29-26(38-8)18-25(37-7)23(33(29)41-34)15-12-20(3)4/h11-13,17-18,31,34,36H,14-16H2,1-10H3. The normalized spacial score (nSPS) is 15.7. The summed E-state index contributed by atoms with van der Waals surface area (Å²) in [5, 5.41) is 11.6. The summed E-state index contributed by atoms with van der Waals surface area (Å²) in [5.74, 6) is 1.85. The molecule has 0 bridgehead atoms. The molecule has 7 nitrogen and oxygen atoms in total. The van der Waals surface area contributed by atoms with Crippen molar-refractivity contribution in [3.05, 3.63) is 74.9 Å². The number of hydrogen-bond acceptors (Lipinski definition) is 7. The SMILES string of the molecule is COc1cc(OC)c2c(c1CC=C(C)C)OC(c1c(CC=C(C)C)cc(OC)c(OC)c1CC=C(C)C)C(O)C2=O. The van der Waals surface area contributed by atoms with Crippen LogP contribution in [0.25, 0.3) is 0 Å². The van der Waals surface area contributed by atoms with Gasteiger partial charge in [-0.25, -0.2) is 0 Å². The molecule has 2 aromatic rings. The second kappa shape index (κ2) is 13.8. The molecule has 3 rings (SSSR count). The van der Waals surface area contributed by atoms with Gasteiger partial charge in [-0.3, -0.25) is 4.79 Å². The van der Waals surface area contributed by atoms with Crippen LogP contribution < -0.4 is 23.7 Å². The zero-order valence-electron chi connectivity index (χ0n) is 26.1. The Hall–Kier alpha value is -3.71. The number of carbonyl (C=O) groups is 1. The van der Waals surface area contributed by atoms with Crippen LogP contribution in [0.4, 0.5) is 0 Å². The lowest BCUT2D eigenvalue weighted by Gasteiger charge is -2.35. The molecule has 0 aliphatic carbocycles. The molecule has 0 fully saturated rings. The number of rotatable bonds is 11. The smallest absolute Gasteiger partial charge is 0.202 e. The quantitative estimate of drug-likeness (QED) is 0.297. The molecule has 0 radical (unpaired) electrons. The van der Waals surface area contributed by atoms with Crippen LogP contribution in [-0.2, 0) is 19.3 Å². The van der Waals surface area contributed by atoms with E-state index in [1.165, 1.54) is 7.11 Å². The largest absolute Gasteiger partial charge is 0.496 e. The number of fused-ring (bicyclic) bond motifs is 1. The van der Waals surface area contributed by atoms with Crippen LogP contribution in [0.5, 0.6) is 28.7 Å². The molecule has 0 amide bonds. The van der Waals surface area contributed by atoms with Crippen LogP contribution in [0.1, 0.15) is 80.3 Å². The molecular weight excluding hydrogens is 520 g/mol. The van der Waals surface area contributed by atoms with Gasteiger partial charge in [-0.1, -0.05) is 34.9 Å². The van der Waals surface area contributed by atoms with Crippen LogP contribution in [0.15, 0.2) is 47.1 Å². The second-order valence-electron chi connectivity index (χ2n) is 10.9. The minimum absolute atomic E-state index is 0.214. The van der Waals surface area contributed by atoms with Crippen LogP contribution >= 0.6 is 0 Å². The van der Waals surface area contributed by atoms with E-state index in [4.69, 9.17) is 23.7 Å². The Balaban J connectivity index is 2.41. The number of hydrogen-bond donors (Lipinski definition) is 1. The molecule has 2 unspecified atom stereocenters. The van der Waals surface area contributed by atoms with Gasteiger partial charge in [-0.05, 0) is 72.4 Å². The summed E-state index contributed by atoms with van der Waals surface area (Å²) in [7, 11) is 6.26. The number of Topliss-reactive ketones (excluding diaryl/α,β-unsaturated/α-hetero) is 1. The van der Waals surface area contributed by atoms with E-state index in [1.807, 2.05) is 47.6 Å². The highest BCUT2D eigenvalue weighted by Crippen LogP contribution is 2.49. The highest BCUT2D eigenvalue weighted by atomic mass is 16.5. The maximum absolute atomic E-state index is 14.0. The van der Waals surface area contributed by atoms with Crippen LogP contribution in [-0.4, -0.2) is 45.4 Å². The number of aliphatic hydroxyl groups excluding tert-OH is 1. The predicted molar refractivity (Wildman–Crippen MR) is 162 cm³/mol. The Morgan fingerprint density at radius 2 is 1.29 bits per heavy atom. The van der Waals surface area contributed by atoms with E-state index in [9.17, 15) is 9.90 Å². The molecule has 2 atom stereocenters. The van der Waals surface area contributed by atoms with E-state index < -0.39 is 18.0 Å². The third-order valence-corrected chi connectivity index (χ3v) is 7.14. The molecule has 7 heteroatoms. The van der Waals surface area contributed by atoms with Crippen LogP contribution in [0.3, 0.4) is 0 Å². The lowest BCUT2D eigenvalue weighted by atomic mass is 9.84. The molecule has 1 N–H and O–H groups in total. The van der Waals surface area contributed by atoms with Gasteiger partial charge in [0.15, 0.2) is 23.7 Å². The fourth-order valence-electron chi connectivity index (χ4n) is 5.04. The Bertz CT molecular complexity index is 1370. The summed E-state index contributed by atoms with van der Waals surface area (Å²) in [6.45, 7) is 12.1.